The van der Waals surface area contributed by atoms with E-state index in [9.17, 15) is 19.6 Å². The summed E-state index contributed by atoms with van der Waals surface area (Å²) < 4.78 is 11.0. The highest BCUT2D eigenvalue weighted by Gasteiger charge is 2.28. The molecule has 0 bridgehead atoms. The van der Waals surface area contributed by atoms with Crippen molar-refractivity contribution in [2.75, 3.05) is 13.2 Å². The van der Waals surface area contributed by atoms with Gasteiger partial charge in [-0.05, 0) is 18.6 Å². The molecule has 148 valence electrons. The van der Waals surface area contributed by atoms with Crippen molar-refractivity contribution in [3.05, 3.63) is 24.3 Å². The first-order valence-corrected chi connectivity index (χ1v) is 8.94. The molecule has 0 aliphatic carbocycles. The number of benzene rings is 1. The SMILES string of the molecule is CCCCC[C@H](CN(O)C=O)C(=O)NNC(=O)[C@@H]1COc2ccccc2O1. The van der Waals surface area contributed by atoms with Gasteiger partial charge in [-0.15, -0.1) is 0 Å². The van der Waals surface area contributed by atoms with Gasteiger partial charge in [0.25, 0.3) is 5.91 Å². The second-order valence-corrected chi connectivity index (χ2v) is 6.26. The molecule has 27 heavy (non-hydrogen) atoms. The zero-order valence-corrected chi connectivity index (χ0v) is 15.2. The number of unbranched alkanes of at least 4 members (excludes halogenated alkanes) is 2. The molecule has 0 saturated carbocycles. The summed E-state index contributed by atoms with van der Waals surface area (Å²) in [4.78, 5) is 35.2. The van der Waals surface area contributed by atoms with E-state index in [1.54, 1.807) is 24.3 Å². The van der Waals surface area contributed by atoms with Gasteiger partial charge in [-0.25, -0.2) is 5.06 Å². The molecule has 3 amide bonds. The Morgan fingerprint density at radius 3 is 2.74 bits per heavy atom. The average molecular weight is 379 g/mol. The maximum Gasteiger partial charge on any atom is 0.283 e. The maximum atomic E-state index is 12.3. The molecule has 1 aliphatic heterocycles. The number of nitrogens with zero attached hydrogens (tertiary/aromatic N) is 1. The quantitative estimate of drug-likeness (QED) is 0.255. The number of ether oxygens (including phenoxy) is 2. The molecule has 0 spiro atoms. The van der Waals surface area contributed by atoms with Crippen molar-refractivity contribution in [1.82, 2.24) is 15.9 Å². The second kappa shape index (κ2) is 10.4. The predicted molar refractivity (Wildman–Crippen MR) is 94.8 cm³/mol. The van der Waals surface area contributed by atoms with Crippen molar-refractivity contribution in [2.45, 2.75) is 38.7 Å². The Bertz CT molecular complexity index is 654. The molecular weight excluding hydrogens is 354 g/mol. The van der Waals surface area contributed by atoms with Crippen molar-refractivity contribution < 1.29 is 29.1 Å². The van der Waals surface area contributed by atoms with Crippen LogP contribution in [0.15, 0.2) is 24.3 Å². The first-order valence-electron chi connectivity index (χ1n) is 8.94. The fourth-order valence-corrected chi connectivity index (χ4v) is 2.67. The summed E-state index contributed by atoms with van der Waals surface area (Å²) in [5, 5.41) is 9.79. The van der Waals surface area contributed by atoms with Crippen molar-refractivity contribution in [2.24, 2.45) is 5.92 Å². The van der Waals surface area contributed by atoms with Crippen LogP contribution in [0.5, 0.6) is 11.5 Å². The van der Waals surface area contributed by atoms with Crippen molar-refractivity contribution in [3.8, 4) is 11.5 Å². The van der Waals surface area contributed by atoms with Crippen LogP contribution in [0.3, 0.4) is 0 Å². The lowest BCUT2D eigenvalue weighted by Crippen LogP contribution is -2.52. The Morgan fingerprint density at radius 1 is 1.30 bits per heavy atom. The summed E-state index contributed by atoms with van der Waals surface area (Å²) in [6.45, 7) is 1.91. The molecule has 0 saturated heterocycles. The molecule has 0 unspecified atom stereocenters. The first kappa shape index (κ1) is 20.5. The van der Waals surface area contributed by atoms with Crippen LogP contribution in [0, 0.1) is 5.92 Å². The van der Waals surface area contributed by atoms with Crippen molar-refractivity contribution in [3.63, 3.8) is 0 Å². The molecule has 1 aromatic carbocycles. The number of hydrogen-bond donors (Lipinski definition) is 3. The van der Waals surface area contributed by atoms with Crippen LogP contribution < -0.4 is 20.3 Å². The number of hydroxylamine groups is 2. The van der Waals surface area contributed by atoms with E-state index >= 15 is 0 Å². The van der Waals surface area contributed by atoms with E-state index in [2.05, 4.69) is 10.9 Å². The zero-order chi connectivity index (χ0) is 19.6. The number of nitrogens with one attached hydrogen (secondary N) is 2. The number of carbonyl (C=O) groups excluding carboxylic acids is 3. The maximum absolute atomic E-state index is 12.3. The number of hydrazine groups is 1. The number of rotatable bonds is 9. The van der Waals surface area contributed by atoms with E-state index in [-0.39, 0.29) is 19.6 Å². The van der Waals surface area contributed by atoms with Gasteiger partial charge in [-0.1, -0.05) is 38.3 Å². The summed E-state index contributed by atoms with van der Waals surface area (Å²) in [6, 6.07) is 6.98. The molecule has 9 nitrogen and oxygen atoms in total. The highest BCUT2D eigenvalue weighted by molar-refractivity contribution is 5.86. The number of amides is 3. The largest absolute Gasteiger partial charge is 0.485 e. The molecule has 1 heterocycles. The lowest BCUT2D eigenvalue weighted by Gasteiger charge is -2.26. The van der Waals surface area contributed by atoms with Gasteiger partial charge in [0.1, 0.15) is 6.61 Å². The lowest BCUT2D eigenvalue weighted by molar-refractivity contribution is -0.155. The van der Waals surface area contributed by atoms with Gasteiger partial charge < -0.3 is 9.47 Å². The van der Waals surface area contributed by atoms with Crippen LogP contribution in [-0.4, -0.2) is 47.8 Å². The normalized spacial score (nSPS) is 16.1. The van der Waals surface area contributed by atoms with Crippen LogP contribution >= 0.6 is 0 Å². The van der Waals surface area contributed by atoms with Gasteiger partial charge in [0.05, 0.1) is 12.5 Å². The number of carbonyl (C=O) groups is 3. The highest BCUT2D eigenvalue weighted by Crippen LogP contribution is 2.30. The van der Waals surface area contributed by atoms with E-state index in [0.29, 0.717) is 23.0 Å². The molecule has 0 aromatic heterocycles. The van der Waals surface area contributed by atoms with Crippen LogP contribution in [0.25, 0.3) is 0 Å². The Kier molecular flexibility index (Phi) is 7.87. The van der Waals surface area contributed by atoms with E-state index in [0.717, 1.165) is 19.3 Å². The molecule has 2 atom stereocenters. The lowest BCUT2D eigenvalue weighted by atomic mass is 10.0. The molecule has 2 rings (SSSR count). The average Bonchev–Trinajstić information content (AvgIpc) is 2.70. The number of fused-ring (bicyclic) bond motifs is 1. The molecule has 9 heteroatoms. The summed E-state index contributed by atoms with van der Waals surface area (Å²) in [5.41, 5.74) is 4.65. The third-order valence-corrected chi connectivity index (χ3v) is 4.17. The van der Waals surface area contributed by atoms with Crippen molar-refractivity contribution in [1.29, 1.82) is 0 Å². The van der Waals surface area contributed by atoms with E-state index in [4.69, 9.17) is 9.47 Å². The van der Waals surface area contributed by atoms with Crippen LogP contribution in [0.2, 0.25) is 0 Å². The predicted octanol–water partition coefficient (Wildman–Crippen LogP) is 1.02. The topological polar surface area (TPSA) is 117 Å². The van der Waals surface area contributed by atoms with Gasteiger partial charge in [0.2, 0.25) is 18.4 Å². The Labute approximate surface area is 157 Å². The van der Waals surface area contributed by atoms with Gasteiger partial charge in [-0.2, -0.15) is 0 Å². The minimum absolute atomic E-state index is 0.0220. The molecule has 3 N–H and O–H groups in total. The van der Waals surface area contributed by atoms with Crippen molar-refractivity contribution >= 4 is 18.2 Å². The molecule has 1 aliphatic rings. The fraction of sp³-hybridized carbons (Fsp3) is 0.500. The summed E-state index contributed by atoms with van der Waals surface area (Å²) in [6.07, 6.45) is 2.49. The summed E-state index contributed by atoms with van der Waals surface area (Å²) in [5.74, 6) is -0.678. The third kappa shape index (κ3) is 6.14. The Balaban J connectivity index is 1.85. The van der Waals surface area contributed by atoms with E-state index in [1.165, 1.54) is 0 Å². The Morgan fingerprint density at radius 2 is 2.04 bits per heavy atom. The second-order valence-electron chi connectivity index (χ2n) is 6.26. The summed E-state index contributed by atoms with van der Waals surface area (Å²) >= 11 is 0. The molecule has 0 radical (unpaired) electrons. The number of para-hydroxylation sites is 2. The minimum Gasteiger partial charge on any atom is -0.485 e. The fourth-order valence-electron chi connectivity index (χ4n) is 2.67. The van der Waals surface area contributed by atoms with Crippen LogP contribution in [-0.2, 0) is 14.4 Å². The highest BCUT2D eigenvalue weighted by atomic mass is 16.6. The van der Waals surface area contributed by atoms with E-state index < -0.39 is 23.8 Å². The molecule has 0 fully saturated rings. The minimum atomic E-state index is -0.900. The Hall–Kier alpha value is -2.81. The van der Waals surface area contributed by atoms with Crippen LogP contribution in [0.4, 0.5) is 0 Å². The first-order chi connectivity index (χ1) is 13.0. The van der Waals surface area contributed by atoms with E-state index in [1.807, 2.05) is 6.92 Å². The molecular formula is C18H25N3O6. The van der Waals surface area contributed by atoms with Gasteiger partial charge in [0.15, 0.2) is 11.5 Å². The zero-order valence-electron chi connectivity index (χ0n) is 15.2. The monoisotopic (exact) mass is 379 g/mol. The molecule has 1 aromatic rings. The van der Waals surface area contributed by atoms with Gasteiger partial charge >= 0.3 is 0 Å². The third-order valence-electron chi connectivity index (χ3n) is 4.17. The van der Waals surface area contributed by atoms with Crippen LogP contribution in [0.1, 0.15) is 32.6 Å². The smallest absolute Gasteiger partial charge is 0.283 e. The van der Waals surface area contributed by atoms with Gasteiger partial charge in [0, 0.05) is 0 Å². The standard InChI is InChI=1S/C18H25N3O6/c1-2-3-4-7-13(10-21(25)12-22)17(23)19-20-18(24)16-11-26-14-8-5-6-9-15(14)27-16/h5-6,8-9,12-13,16,25H,2-4,7,10-11H2,1H3,(H,19,23)(H,20,24)/t13-,16+/m1/s1. The summed E-state index contributed by atoms with van der Waals surface area (Å²) in [7, 11) is 0. The number of hydrogen-bond acceptors (Lipinski definition) is 6. The van der Waals surface area contributed by atoms with Gasteiger partial charge in [-0.3, -0.25) is 30.4 Å².